The van der Waals surface area contributed by atoms with Crippen LogP contribution in [0.1, 0.15) is 26.5 Å². The molecule has 0 saturated carbocycles. The van der Waals surface area contributed by atoms with Crippen molar-refractivity contribution < 1.29 is 14.7 Å². The molecule has 0 bridgehead atoms. The van der Waals surface area contributed by atoms with E-state index in [9.17, 15) is 9.59 Å². The third kappa shape index (κ3) is 4.18. The van der Waals surface area contributed by atoms with Crippen LogP contribution in [0, 0.1) is 5.41 Å². The van der Waals surface area contributed by atoms with Gasteiger partial charge in [0.2, 0.25) is 5.91 Å². The second kappa shape index (κ2) is 4.90. The van der Waals surface area contributed by atoms with Crippen LogP contribution in [0.15, 0.2) is 12.1 Å². The number of carbonyl (C=O) groups is 2. The van der Waals surface area contributed by atoms with Crippen molar-refractivity contribution >= 4 is 17.7 Å². The highest BCUT2D eigenvalue weighted by atomic mass is 16.4. The third-order valence-corrected chi connectivity index (χ3v) is 1.97. The van der Waals surface area contributed by atoms with Gasteiger partial charge in [-0.15, -0.1) is 5.10 Å². The topological polar surface area (TPSA) is 92.2 Å². The normalized spacial score (nSPS) is 11.0. The predicted molar refractivity (Wildman–Crippen MR) is 61.5 cm³/mol. The van der Waals surface area contributed by atoms with Crippen LogP contribution in [0.3, 0.4) is 0 Å². The van der Waals surface area contributed by atoms with Crippen molar-refractivity contribution in [2.45, 2.75) is 27.2 Å². The van der Waals surface area contributed by atoms with Crippen LogP contribution in [0.2, 0.25) is 0 Å². The third-order valence-electron chi connectivity index (χ3n) is 1.97. The van der Waals surface area contributed by atoms with Crippen LogP contribution in [-0.2, 0) is 16.0 Å². The van der Waals surface area contributed by atoms with Gasteiger partial charge >= 0.3 is 5.97 Å². The minimum absolute atomic E-state index is 0.169. The van der Waals surface area contributed by atoms with Gasteiger partial charge in [0.1, 0.15) is 0 Å². The van der Waals surface area contributed by atoms with E-state index in [-0.39, 0.29) is 12.3 Å². The number of rotatable bonds is 3. The fourth-order valence-electron chi connectivity index (χ4n) is 0.980. The van der Waals surface area contributed by atoms with Crippen LogP contribution >= 0.6 is 0 Å². The molecule has 17 heavy (non-hydrogen) atoms. The van der Waals surface area contributed by atoms with Gasteiger partial charge in [-0.25, -0.2) is 0 Å². The summed E-state index contributed by atoms with van der Waals surface area (Å²) in [7, 11) is 0. The monoisotopic (exact) mass is 237 g/mol. The number of nitrogens with one attached hydrogen (secondary N) is 1. The van der Waals surface area contributed by atoms with Gasteiger partial charge in [0.05, 0.1) is 12.1 Å². The molecule has 0 atom stereocenters. The Morgan fingerprint density at radius 3 is 2.35 bits per heavy atom. The van der Waals surface area contributed by atoms with Crippen LogP contribution < -0.4 is 5.32 Å². The van der Waals surface area contributed by atoms with Crippen molar-refractivity contribution in [1.29, 1.82) is 0 Å². The van der Waals surface area contributed by atoms with Crippen molar-refractivity contribution in [3.8, 4) is 0 Å². The van der Waals surface area contributed by atoms with Crippen LogP contribution in [-0.4, -0.2) is 27.2 Å². The number of aromatic nitrogens is 2. The summed E-state index contributed by atoms with van der Waals surface area (Å²) in [5.41, 5.74) is -0.159. The number of anilines is 1. The lowest BCUT2D eigenvalue weighted by atomic mass is 9.96. The van der Waals surface area contributed by atoms with Gasteiger partial charge in [-0.1, -0.05) is 20.8 Å². The molecule has 1 heterocycles. The Hall–Kier alpha value is -1.98. The molecule has 0 saturated heterocycles. The first kappa shape index (κ1) is 13.1. The molecule has 0 radical (unpaired) electrons. The highest BCUT2D eigenvalue weighted by Crippen LogP contribution is 2.15. The molecule has 0 fully saturated rings. The molecule has 6 heteroatoms. The summed E-state index contributed by atoms with van der Waals surface area (Å²) < 4.78 is 0. The maximum absolute atomic E-state index is 11.6. The van der Waals surface area contributed by atoms with Crippen molar-refractivity contribution in [2.75, 3.05) is 5.32 Å². The van der Waals surface area contributed by atoms with Gasteiger partial charge in [-0.3, -0.25) is 9.59 Å². The number of carboxylic acid groups (broad SMARTS) is 1. The predicted octanol–water partition coefficient (Wildman–Crippen LogP) is 1.09. The molecular weight excluding hydrogens is 222 g/mol. The zero-order chi connectivity index (χ0) is 13.1. The Kier molecular flexibility index (Phi) is 3.77. The lowest BCUT2D eigenvalue weighted by molar-refractivity contribution is -0.136. The second-order valence-corrected chi connectivity index (χ2v) is 4.68. The molecular formula is C11H15N3O3. The Bertz CT molecular complexity index is 421. The second-order valence-electron chi connectivity index (χ2n) is 4.68. The number of nitrogens with zero attached hydrogens (tertiary/aromatic N) is 2. The molecule has 0 aliphatic carbocycles. The highest BCUT2D eigenvalue weighted by molar-refractivity contribution is 5.93. The van der Waals surface area contributed by atoms with Crippen LogP contribution in [0.25, 0.3) is 0 Å². The average molecular weight is 237 g/mol. The van der Waals surface area contributed by atoms with Gasteiger partial charge < -0.3 is 10.4 Å². The van der Waals surface area contributed by atoms with Crippen molar-refractivity contribution in [2.24, 2.45) is 5.41 Å². The Balaban J connectivity index is 2.69. The van der Waals surface area contributed by atoms with Crippen molar-refractivity contribution in [3.63, 3.8) is 0 Å². The lowest BCUT2D eigenvalue weighted by Crippen LogP contribution is -2.28. The van der Waals surface area contributed by atoms with Crippen molar-refractivity contribution in [1.82, 2.24) is 10.2 Å². The van der Waals surface area contributed by atoms with Gasteiger partial charge in [-0.05, 0) is 12.1 Å². The largest absolute Gasteiger partial charge is 0.481 e. The molecule has 2 N–H and O–H groups in total. The number of carboxylic acids is 1. The van der Waals surface area contributed by atoms with E-state index in [1.807, 2.05) is 0 Å². The minimum atomic E-state index is -0.967. The molecule has 1 aromatic heterocycles. The Morgan fingerprint density at radius 2 is 1.94 bits per heavy atom. The van der Waals surface area contributed by atoms with E-state index in [0.29, 0.717) is 11.5 Å². The summed E-state index contributed by atoms with van der Waals surface area (Å²) in [5.74, 6) is -0.817. The van der Waals surface area contributed by atoms with Gasteiger partial charge in [0.25, 0.3) is 0 Å². The average Bonchev–Trinajstić information content (AvgIpc) is 2.18. The fourth-order valence-corrected chi connectivity index (χ4v) is 0.980. The van der Waals surface area contributed by atoms with E-state index in [2.05, 4.69) is 15.5 Å². The summed E-state index contributed by atoms with van der Waals surface area (Å²) >= 11 is 0. The highest BCUT2D eigenvalue weighted by Gasteiger charge is 2.21. The molecule has 0 aromatic carbocycles. The summed E-state index contributed by atoms with van der Waals surface area (Å²) in [6.45, 7) is 5.36. The van der Waals surface area contributed by atoms with Crippen LogP contribution in [0.5, 0.6) is 0 Å². The number of amides is 1. The number of hydrogen-bond donors (Lipinski definition) is 2. The first-order chi connectivity index (χ1) is 7.79. The summed E-state index contributed by atoms with van der Waals surface area (Å²) in [4.78, 5) is 22.0. The van der Waals surface area contributed by atoms with Crippen LogP contribution in [0.4, 0.5) is 5.82 Å². The van der Waals surface area contributed by atoms with E-state index in [1.54, 1.807) is 20.8 Å². The van der Waals surface area contributed by atoms with E-state index in [4.69, 9.17) is 5.11 Å². The first-order valence-corrected chi connectivity index (χ1v) is 5.15. The fraction of sp³-hybridized carbons (Fsp3) is 0.455. The SMILES string of the molecule is CC(C)(C)C(=O)Nc1ccc(CC(=O)O)nn1. The van der Waals surface area contributed by atoms with E-state index in [0.717, 1.165) is 0 Å². The summed E-state index contributed by atoms with van der Waals surface area (Å²) in [6, 6.07) is 3.06. The number of carbonyl (C=O) groups excluding carboxylic acids is 1. The molecule has 1 rings (SSSR count). The first-order valence-electron chi connectivity index (χ1n) is 5.15. The molecule has 0 spiro atoms. The maximum atomic E-state index is 11.6. The molecule has 0 aliphatic rings. The standard InChI is InChI=1S/C11H15N3O3/c1-11(2,3)10(17)12-8-5-4-7(13-14-8)6-9(15)16/h4-5H,6H2,1-3H3,(H,15,16)(H,12,14,17). The van der Waals surface area contributed by atoms with Gasteiger partial charge in [-0.2, -0.15) is 5.10 Å². The molecule has 0 unspecified atom stereocenters. The number of aliphatic carboxylic acids is 1. The zero-order valence-corrected chi connectivity index (χ0v) is 10.0. The number of hydrogen-bond acceptors (Lipinski definition) is 4. The summed E-state index contributed by atoms with van der Waals surface area (Å²) in [5, 5.41) is 18.6. The molecule has 6 nitrogen and oxygen atoms in total. The van der Waals surface area contributed by atoms with Crippen molar-refractivity contribution in [3.05, 3.63) is 17.8 Å². The van der Waals surface area contributed by atoms with E-state index >= 15 is 0 Å². The molecule has 1 amide bonds. The molecule has 0 aliphatic heterocycles. The van der Waals surface area contributed by atoms with Gasteiger partial charge in [0.15, 0.2) is 5.82 Å². The molecule has 1 aromatic rings. The van der Waals surface area contributed by atoms with E-state index < -0.39 is 11.4 Å². The smallest absolute Gasteiger partial charge is 0.309 e. The quantitative estimate of drug-likeness (QED) is 0.820. The van der Waals surface area contributed by atoms with E-state index in [1.165, 1.54) is 12.1 Å². The Morgan fingerprint density at radius 1 is 1.29 bits per heavy atom. The lowest BCUT2D eigenvalue weighted by Gasteiger charge is -2.16. The molecule has 92 valence electrons. The zero-order valence-electron chi connectivity index (χ0n) is 10.0. The maximum Gasteiger partial charge on any atom is 0.309 e. The Labute approximate surface area is 99.1 Å². The summed E-state index contributed by atoms with van der Waals surface area (Å²) in [6.07, 6.45) is -0.180. The minimum Gasteiger partial charge on any atom is -0.481 e. The van der Waals surface area contributed by atoms with Gasteiger partial charge in [0, 0.05) is 5.41 Å².